The van der Waals surface area contributed by atoms with E-state index in [-0.39, 0.29) is 0 Å². The van der Waals surface area contributed by atoms with Gasteiger partial charge in [0.15, 0.2) is 0 Å². The first kappa shape index (κ1) is 15.9. The van der Waals surface area contributed by atoms with E-state index < -0.39 is 6.09 Å². The summed E-state index contributed by atoms with van der Waals surface area (Å²) < 4.78 is 5.12. The minimum Gasteiger partial charge on any atom is -0.453 e. The Morgan fingerprint density at radius 2 is 2.12 bits per heavy atom. The number of carbonyl (C=O) groups is 1. The van der Waals surface area contributed by atoms with Crippen molar-refractivity contribution in [3.63, 3.8) is 0 Å². The molecule has 1 aromatic heterocycles. The van der Waals surface area contributed by atoms with E-state index in [0.717, 1.165) is 10.5 Å². The summed E-state index contributed by atoms with van der Waals surface area (Å²) >= 11 is 3.17. The second-order valence-corrected chi connectivity index (χ2v) is 4.60. The first-order valence-corrected chi connectivity index (χ1v) is 6.25. The fraction of sp³-hybridized carbons (Fsp3) is 0.500. The molecule has 1 aromatic rings. The highest BCUT2D eigenvalue weighted by atomic mass is 79.9. The summed E-state index contributed by atoms with van der Waals surface area (Å²) in [5.41, 5.74) is 0.602. The molecule has 0 radical (unpaired) electrons. The van der Waals surface area contributed by atoms with Gasteiger partial charge < -0.3 is 4.74 Å². The Bertz CT molecular complexity index is 326. The molecule has 0 aliphatic heterocycles. The quantitative estimate of drug-likeness (QED) is 0.838. The zero-order valence-electron chi connectivity index (χ0n) is 10.7. The van der Waals surface area contributed by atoms with E-state index >= 15 is 0 Å². The fourth-order valence-corrected chi connectivity index (χ4v) is 0.853. The van der Waals surface area contributed by atoms with Crippen LogP contribution < -0.4 is 5.32 Å². The van der Waals surface area contributed by atoms with Crippen molar-refractivity contribution in [3.8, 4) is 0 Å². The molecule has 0 saturated carbocycles. The highest BCUT2D eigenvalue weighted by molar-refractivity contribution is 9.10. The molecule has 0 saturated heterocycles. The van der Waals surface area contributed by atoms with Gasteiger partial charge in [0.05, 0.1) is 19.0 Å². The van der Waals surface area contributed by atoms with E-state index in [0.29, 0.717) is 5.69 Å². The number of nitrogens with one attached hydrogen (secondary N) is 1. The minimum absolute atomic E-state index is 0.501. The molecular weight excluding hydrogens is 284 g/mol. The van der Waals surface area contributed by atoms with Gasteiger partial charge in [0.25, 0.3) is 0 Å². The van der Waals surface area contributed by atoms with Gasteiger partial charge >= 0.3 is 6.09 Å². The standard InChI is InChI=1S/C7H7BrN2O2.C5H12/c1-12-7(11)10-5-2-3-6(8)9-4-5;1-4-5(2)3/h2-4H,1H3,(H,10,11);5H,4H2,1-3H3. The van der Waals surface area contributed by atoms with E-state index in [2.05, 4.69) is 51.7 Å². The van der Waals surface area contributed by atoms with Crippen molar-refractivity contribution in [1.82, 2.24) is 4.98 Å². The smallest absolute Gasteiger partial charge is 0.411 e. The molecule has 0 aliphatic rings. The van der Waals surface area contributed by atoms with E-state index in [1.165, 1.54) is 19.7 Å². The number of pyridine rings is 1. The van der Waals surface area contributed by atoms with Crippen LogP contribution >= 0.6 is 15.9 Å². The Hall–Kier alpha value is -1.10. The summed E-state index contributed by atoms with van der Waals surface area (Å²) in [4.78, 5) is 14.6. The number of aromatic nitrogens is 1. The topological polar surface area (TPSA) is 51.2 Å². The third-order valence-corrected chi connectivity index (χ3v) is 2.44. The van der Waals surface area contributed by atoms with Crippen molar-refractivity contribution in [1.29, 1.82) is 0 Å². The molecule has 1 heterocycles. The normalized spacial score (nSPS) is 9.29. The number of anilines is 1. The Kier molecular flexibility index (Phi) is 8.40. The van der Waals surface area contributed by atoms with Gasteiger partial charge in [-0.05, 0) is 34.0 Å². The van der Waals surface area contributed by atoms with Crippen LogP contribution in [0.1, 0.15) is 27.2 Å². The molecular formula is C12H19BrN2O2. The average molecular weight is 303 g/mol. The van der Waals surface area contributed by atoms with Crippen LogP contribution in [0.25, 0.3) is 0 Å². The molecule has 1 rings (SSSR count). The largest absolute Gasteiger partial charge is 0.453 e. The molecule has 0 fully saturated rings. The fourth-order valence-electron chi connectivity index (χ4n) is 0.619. The molecule has 4 nitrogen and oxygen atoms in total. The van der Waals surface area contributed by atoms with E-state index in [1.54, 1.807) is 12.1 Å². The molecule has 5 heteroatoms. The number of carbonyl (C=O) groups excluding carboxylic acids is 1. The first-order chi connectivity index (χ1) is 7.99. The van der Waals surface area contributed by atoms with Crippen molar-refractivity contribution >= 4 is 27.7 Å². The van der Waals surface area contributed by atoms with Crippen LogP contribution in [-0.4, -0.2) is 18.2 Å². The van der Waals surface area contributed by atoms with Gasteiger partial charge in [-0.1, -0.05) is 27.2 Å². The lowest BCUT2D eigenvalue weighted by molar-refractivity contribution is 0.187. The van der Waals surface area contributed by atoms with Gasteiger partial charge in [-0.3, -0.25) is 5.32 Å². The number of halogens is 1. The van der Waals surface area contributed by atoms with E-state index in [1.807, 2.05) is 0 Å². The van der Waals surface area contributed by atoms with Crippen LogP contribution in [0.15, 0.2) is 22.9 Å². The highest BCUT2D eigenvalue weighted by Crippen LogP contribution is 2.10. The van der Waals surface area contributed by atoms with Gasteiger partial charge in [0.2, 0.25) is 0 Å². The molecule has 0 aromatic carbocycles. The zero-order valence-corrected chi connectivity index (χ0v) is 12.2. The molecule has 0 bridgehead atoms. The summed E-state index contributed by atoms with van der Waals surface area (Å²) in [5.74, 6) is 0.884. The Labute approximate surface area is 111 Å². The van der Waals surface area contributed by atoms with Gasteiger partial charge in [0.1, 0.15) is 4.60 Å². The minimum atomic E-state index is -0.501. The van der Waals surface area contributed by atoms with Crippen LogP contribution in [-0.2, 0) is 4.74 Å². The van der Waals surface area contributed by atoms with E-state index in [4.69, 9.17) is 0 Å². The van der Waals surface area contributed by atoms with Gasteiger partial charge in [-0.15, -0.1) is 0 Å². The SMILES string of the molecule is CCC(C)C.COC(=O)Nc1ccc(Br)nc1. The maximum absolute atomic E-state index is 10.7. The Balaban J connectivity index is 0.000000437. The zero-order chi connectivity index (χ0) is 13.3. The summed E-state index contributed by atoms with van der Waals surface area (Å²) in [5, 5.41) is 2.47. The summed E-state index contributed by atoms with van der Waals surface area (Å²) in [6.07, 6.45) is 2.33. The lowest BCUT2D eigenvalue weighted by Gasteiger charge is -2.01. The van der Waals surface area contributed by atoms with Gasteiger partial charge in [-0.25, -0.2) is 9.78 Å². The number of methoxy groups -OCH3 is 1. The van der Waals surface area contributed by atoms with Crippen LogP contribution in [0.3, 0.4) is 0 Å². The summed E-state index contributed by atoms with van der Waals surface area (Å²) in [6.45, 7) is 6.64. The monoisotopic (exact) mass is 302 g/mol. The number of rotatable bonds is 2. The van der Waals surface area contributed by atoms with Crippen LogP contribution in [0.4, 0.5) is 10.5 Å². The first-order valence-electron chi connectivity index (χ1n) is 5.46. The Morgan fingerprint density at radius 3 is 2.47 bits per heavy atom. The molecule has 96 valence electrons. The summed E-state index contributed by atoms with van der Waals surface area (Å²) in [7, 11) is 1.31. The molecule has 0 atom stereocenters. The molecule has 0 aliphatic carbocycles. The molecule has 0 unspecified atom stereocenters. The third kappa shape index (κ3) is 8.68. The maximum atomic E-state index is 10.7. The van der Waals surface area contributed by atoms with Crippen LogP contribution in [0, 0.1) is 5.92 Å². The average Bonchev–Trinajstić information content (AvgIpc) is 2.32. The number of amides is 1. The third-order valence-electron chi connectivity index (χ3n) is 1.98. The summed E-state index contributed by atoms with van der Waals surface area (Å²) in [6, 6.07) is 3.44. The number of hydrogen-bond acceptors (Lipinski definition) is 3. The van der Waals surface area contributed by atoms with Gasteiger partial charge in [0, 0.05) is 0 Å². The highest BCUT2D eigenvalue weighted by Gasteiger charge is 1.99. The molecule has 1 N–H and O–H groups in total. The van der Waals surface area contributed by atoms with Crippen molar-refractivity contribution < 1.29 is 9.53 Å². The Morgan fingerprint density at radius 1 is 1.53 bits per heavy atom. The number of nitrogens with zero attached hydrogens (tertiary/aromatic N) is 1. The predicted molar refractivity (Wildman–Crippen MR) is 73.1 cm³/mol. The molecule has 17 heavy (non-hydrogen) atoms. The lowest BCUT2D eigenvalue weighted by atomic mass is 10.2. The molecule has 0 spiro atoms. The van der Waals surface area contributed by atoms with Gasteiger partial charge in [-0.2, -0.15) is 0 Å². The molecule has 1 amide bonds. The van der Waals surface area contributed by atoms with Crippen molar-refractivity contribution in [2.75, 3.05) is 12.4 Å². The number of ether oxygens (including phenoxy) is 1. The van der Waals surface area contributed by atoms with E-state index in [9.17, 15) is 4.79 Å². The van der Waals surface area contributed by atoms with Crippen LogP contribution in [0.5, 0.6) is 0 Å². The lowest BCUT2D eigenvalue weighted by Crippen LogP contribution is -2.10. The second kappa shape index (κ2) is 8.98. The number of hydrogen-bond donors (Lipinski definition) is 1. The maximum Gasteiger partial charge on any atom is 0.411 e. The van der Waals surface area contributed by atoms with Crippen molar-refractivity contribution in [3.05, 3.63) is 22.9 Å². The second-order valence-electron chi connectivity index (χ2n) is 3.79. The predicted octanol–water partition coefficient (Wildman–Crippen LogP) is 4.07. The van der Waals surface area contributed by atoms with Crippen LogP contribution in [0.2, 0.25) is 0 Å². The van der Waals surface area contributed by atoms with Crippen molar-refractivity contribution in [2.45, 2.75) is 27.2 Å². The van der Waals surface area contributed by atoms with Crippen molar-refractivity contribution in [2.24, 2.45) is 5.92 Å².